The second-order valence-electron chi connectivity index (χ2n) is 8.48. The quantitative estimate of drug-likeness (QED) is 0.641. The molecular weight excluding hydrogens is 394 g/mol. The lowest BCUT2D eigenvalue weighted by atomic mass is 9.94. The maximum atomic E-state index is 12.9. The van der Waals surface area contributed by atoms with Crippen molar-refractivity contribution in [2.45, 2.75) is 44.8 Å². The van der Waals surface area contributed by atoms with Crippen molar-refractivity contribution >= 4 is 23.0 Å². The molecule has 0 radical (unpaired) electrons. The topological polar surface area (TPSA) is 69.9 Å². The first-order chi connectivity index (χ1) is 15.1. The summed E-state index contributed by atoms with van der Waals surface area (Å²) in [5.74, 6) is 2.38. The van der Waals surface area contributed by atoms with Gasteiger partial charge in [-0.15, -0.1) is 0 Å². The summed E-state index contributed by atoms with van der Waals surface area (Å²) in [5.41, 5.74) is 3.28. The molecule has 31 heavy (non-hydrogen) atoms. The Morgan fingerprint density at radius 1 is 1.06 bits per heavy atom. The predicted octanol–water partition coefficient (Wildman–Crippen LogP) is 5.12. The normalized spacial score (nSPS) is 17.7. The number of aryl methyl sites for hydroxylation is 1. The van der Waals surface area contributed by atoms with Gasteiger partial charge < -0.3 is 23.9 Å². The average Bonchev–Trinajstić information content (AvgIpc) is 3.51. The van der Waals surface area contributed by atoms with Crippen molar-refractivity contribution in [1.29, 1.82) is 0 Å². The van der Waals surface area contributed by atoms with Crippen LogP contribution in [-0.4, -0.2) is 18.3 Å². The van der Waals surface area contributed by atoms with Crippen LogP contribution in [0.3, 0.4) is 0 Å². The highest BCUT2D eigenvalue weighted by Crippen LogP contribution is 2.44. The van der Waals surface area contributed by atoms with E-state index >= 15 is 0 Å². The molecule has 3 aliphatic rings. The number of nitrogens with one attached hydrogen (secondary N) is 1. The summed E-state index contributed by atoms with van der Waals surface area (Å²) >= 11 is 0. The van der Waals surface area contributed by atoms with Gasteiger partial charge in [0.1, 0.15) is 16.9 Å². The van der Waals surface area contributed by atoms with Gasteiger partial charge in [0.05, 0.1) is 0 Å². The lowest BCUT2D eigenvalue weighted by molar-refractivity contribution is 0.0924. The molecule has 1 aliphatic carbocycles. The Labute approximate surface area is 179 Å². The van der Waals surface area contributed by atoms with Crippen LogP contribution in [-0.2, 0) is 6.54 Å². The predicted molar refractivity (Wildman–Crippen MR) is 116 cm³/mol. The second-order valence-corrected chi connectivity index (χ2v) is 8.48. The highest BCUT2D eigenvalue weighted by molar-refractivity contribution is 6.02. The minimum absolute atomic E-state index is 0.164. The van der Waals surface area contributed by atoms with E-state index < -0.39 is 0 Å². The van der Waals surface area contributed by atoms with Gasteiger partial charge in [0.25, 0.3) is 5.91 Å². The van der Waals surface area contributed by atoms with E-state index in [0.717, 1.165) is 46.4 Å². The fourth-order valence-corrected chi connectivity index (χ4v) is 4.87. The summed E-state index contributed by atoms with van der Waals surface area (Å²) in [5, 5.41) is 3.89. The van der Waals surface area contributed by atoms with Gasteiger partial charge in [0.2, 0.25) is 6.79 Å². The van der Waals surface area contributed by atoms with Crippen LogP contribution in [0.4, 0.5) is 0 Å². The van der Waals surface area contributed by atoms with Crippen LogP contribution >= 0.6 is 0 Å². The molecule has 0 bridgehead atoms. The summed E-state index contributed by atoms with van der Waals surface area (Å²) in [6.45, 7) is 2.53. The Morgan fingerprint density at radius 3 is 2.74 bits per heavy atom. The molecule has 0 atom stereocenters. The van der Waals surface area contributed by atoms with Crippen molar-refractivity contribution in [3.8, 4) is 17.2 Å². The molecule has 1 amide bonds. The van der Waals surface area contributed by atoms with Crippen LogP contribution in [0.25, 0.3) is 17.0 Å². The molecule has 2 aliphatic heterocycles. The van der Waals surface area contributed by atoms with Gasteiger partial charge in [-0.05, 0) is 68.5 Å². The molecule has 1 N–H and O–H groups in total. The summed E-state index contributed by atoms with van der Waals surface area (Å²) < 4.78 is 23.1. The van der Waals surface area contributed by atoms with Crippen LogP contribution in [0.5, 0.6) is 17.2 Å². The van der Waals surface area contributed by atoms with E-state index in [1.807, 2.05) is 37.3 Å². The minimum Gasteiger partial charge on any atom is -0.483 e. The number of furan rings is 1. The van der Waals surface area contributed by atoms with E-state index in [0.29, 0.717) is 23.6 Å². The zero-order chi connectivity index (χ0) is 21.0. The van der Waals surface area contributed by atoms with Crippen LogP contribution in [0.1, 0.15) is 52.9 Å². The van der Waals surface area contributed by atoms with Crippen molar-refractivity contribution in [3.63, 3.8) is 0 Å². The van der Waals surface area contributed by atoms with Gasteiger partial charge in [-0.25, -0.2) is 0 Å². The first kappa shape index (κ1) is 18.4. The van der Waals surface area contributed by atoms with Gasteiger partial charge in [0.15, 0.2) is 17.3 Å². The lowest BCUT2D eigenvalue weighted by Gasteiger charge is -2.31. The summed E-state index contributed by atoms with van der Waals surface area (Å²) in [6, 6.07) is 9.50. The molecule has 1 aromatic heterocycles. The average molecular weight is 417 g/mol. The smallest absolute Gasteiger partial charge is 0.287 e. The summed E-state index contributed by atoms with van der Waals surface area (Å²) in [6.07, 6.45) is 8.83. The SMILES string of the molecule is Cc1c(C(=O)NCc2ccc3c(c2)OCO3)oc2ccc3c(c12)C=CC1(CCCC1)O3. The Balaban J connectivity index is 1.27. The third-order valence-electron chi connectivity index (χ3n) is 6.51. The van der Waals surface area contributed by atoms with Crippen LogP contribution in [0.15, 0.2) is 40.8 Å². The maximum Gasteiger partial charge on any atom is 0.287 e. The number of benzene rings is 2. The van der Waals surface area contributed by atoms with E-state index in [9.17, 15) is 4.79 Å². The summed E-state index contributed by atoms with van der Waals surface area (Å²) in [7, 11) is 0. The van der Waals surface area contributed by atoms with E-state index in [1.165, 1.54) is 12.8 Å². The molecule has 6 rings (SSSR count). The number of hydrogen-bond donors (Lipinski definition) is 1. The van der Waals surface area contributed by atoms with Crippen molar-refractivity contribution in [3.05, 3.63) is 58.9 Å². The molecule has 3 heterocycles. The molecule has 0 saturated heterocycles. The van der Waals surface area contributed by atoms with E-state index in [4.69, 9.17) is 18.6 Å². The number of amides is 1. The van der Waals surface area contributed by atoms with Crippen LogP contribution in [0.2, 0.25) is 0 Å². The number of rotatable bonds is 3. The molecule has 1 saturated carbocycles. The minimum atomic E-state index is -0.243. The monoisotopic (exact) mass is 417 g/mol. The van der Waals surface area contributed by atoms with E-state index in [-0.39, 0.29) is 18.3 Å². The number of hydrogen-bond acceptors (Lipinski definition) is 5. The first-order valence-electron chi connectivity index (χ1n) is 10.7. The van der Waals surface area contributed by atoms with Crippen molar-refractivity contribution in [2.75, 3.05) is 6.79 Å². The third-order valence-corrected chi connectivity index (χ3v) is 6.51. The van der Waals surface area contributed by atoms with Gasteiger partial charge in [-0.2, -0.15) is 0 Å². The van der Waals surface area contributed by atoms with Gasteiger partial charge >= 0.3 is 0 Å². The Kier molecular flexibility index (Phi) is 4.03. The summed E-state index contributed by atoms with van der Waals surface area (Å²) in [4.78, 5) is 12.9. The third kappa shape index (κ3) is 2.97. The van der Waals surface area contributed by atoms with Gasteiger partial charge in [0, 0.05) is 23.1 Å². The van der Waals surface area contributed by atoms with Crippen molar-refractivity contribution in [2.24, 2.45) is 0 Å². The molecule has 2 aromatic carbocycles. The first-order valence-corrected chi connectivity index (χ1v) is 10.7. The molecule has 158 valence electrons. The molecule has 3 aromatic rings. The molecular formula is C25H23NO5. The second kappa shape index (κ2) is 6.80. The van der Waals surface area contributed by atoms with Crippen LogP contribution < -0.4 is 19.5 Å². The number of fused-ring (bicyclic) bond motifs is 4. The molecule has 6 nitrogen and oxygen atoms in total. The Morgan fingerprint density at radius 2 is 1.87 bits per heavy atom. The molecule has 0 unspecified atom stereocenters. The number of carbonyl (C=O) groups excluding carboxylic acids is 1. The number of carbonyl (C=O) groups is 1. The standard InChI is InChI=1S/C25H23NO5/c1-15-22-17-8-11-25(9-2-3-10-25)31-18(17)6-7-20(22)30-23(15)24(27)26-13-16-4-5-19-21(12-16)29-14-28-19/h4-8,11-12H,2-3,9-10,13-14H2,1H3,(H,26,27). The molecule has 1 spiro atoms. The fourth-order valence-electron chi connectivity index (χ4n) is 4.87. The zero-order valence-corrected chi connectivity index (χ0v) is 17.3. The molecule has 1 fully saturated rings. The number of ether oxygens (including phenoxy) is 3. The lowest BCUT2D eigenvalue weighted by Crippen LogP contribution is -2.31. The van der Waals surface area contributed by atoms with E-state index in [2.05, 4.69) is 17.5 Å². The Hall–Kier alpha value is -3.41. The van der Waals surface area contributed by atoms with E-state index in [1.54, 1.807) is 0 Å². The van der Waals surface area contributed by atoms with Crippen LogP contribution in [0, 0.1) is 6.92 Å². The van der Waals surface area contributed by atoms with Crippen molar-refractivity contribution < 1.29 is 23.4 Å². The van der Waals surface area contributed by atoms with Gasteiger partial charge in [-0.3, -0.25) is 4.79 Å². The largest absolute Gasteiger partial charge is 0.483 e. The zero-order valence-electron chi connectivity index (χ0n) is 17.3. The van der Waals surface area contributed by atoms with Crippen molar-refractivity contribution in [1.82, 2.24) is 5.32 Å². The van der Waals surface area contributed by atoms with Gasteiger partial charge in [-0.1, -0.05) is 12.1 Å². The highest BCUT2D eigenvalue weighted by Gasteiger charge is 2.36. The maximum absolute atomic E-state index is 12.9. The highest BCUT2D eigenvalue weighted by atomic mass is 16.7. The fraction of sp³-hybridized carbons (Fsp3) is 0.320. The molecule has 6 heteroatoms. The Bertz CT molecular complexity index is 1230.